The van der Waals surface area contributed by atoms with E-state index in [2.05, 4.69) is 15.1 Å². The lowest BCUT2D eigenvalue weighted by Gasteiger charge is -2.32. The van der Waals surface area contributed by atoms with E-state index in [1.807, 2.05) is 0 Å². The normalized spacial score (nSPS) is 20.0. The third kappa shape index (κ3) is 4.30. The number of rotatable bonds is 5. The SMILES string of the molecule is CS(=O)(=O)Nc1cc(Cl)cc(NC(=O)c2cnn([C@@H]3CC[C@H]3O)c2)c1. The van der Waals surface area contributed by atoms with Crippen molar-refractivity contribution in [1.29, 1.82) is 0 Å². The van der Waals surface area contributed by atoms with E-state index in [4.69, 9.17) is 11.6 Å². The zero-order chi connectivity index (χ0) is 18.2. The molecule has 10 heteroatoms. The molecule has 2 aromatic rings. The molecule has 1 aromatic carbocycles. The molecule has 0 unspecified atom stereocenters. The molecule has 1 heterocycles. The summed E-state index contributed by atoms with van der Waals surface area (Å²) in [5, 5.41) is 16.7. The second kappa shape index (κ2) is 6.66. The summed E-state index contributed by atoms with van der Waals surface area (Å²) < 4.78 is 26.5. The molecule has 1 aliphatic rings. The highest BCUT2D eigenvalue weighted by atomic mass is 35.5. The molecule has 1 saturated carbocycles. The number of amides is 1. The lowest BCUT2D eigenvalue weighted by Crippen LogP contribution is -2.33. The largest absolute Gasteiger partial charge is 0.391 e. The lowest BCUT2D eigenvalue weighted by molar-refractivity contribution is 0.0253. The minimum atomic E-state index is -3.46. The molecule has 0 aliphatic heterocycles. The number of carbonyl (C=O) groups is 1. The number of aliphatic hydroxyl groups is 1. The smallest absolute Gasteiger partial charge is 0.258 e. The Hall–Kier alpha value is -2.10. The predicted octanol–water partition coefficient (Wildman–Crippen LogP) is 1.86. The average molecular weight is 385 g/mol. The number of benzene rings is 1. The molecule has 1 aromatic heterocycles. The summed E-state index contributed by atoms with van der Waals surface area (Å²) in [7, 11) is -3.46. The molecule has 25 heavy (non-hydrogen) atoms. The molecule has 134 valence electrons. The lowest BCUT2D eigenvalue weighted by atomic mass is 9.89. The van der Waals surface area contributed by atoms with Crippen molar-refractivity contribution in [2.45, 2.75) is 25.0 Å². The Morgan fingerprint density at radius 3 is 2.64 bits per heavy atom. The monoisotopic (exact) mass is 384 g/mol. The van der Waals surface area contributed by atoms with Gasteiger partial charge in [0.15, 0.2) is 0 Å². The van der Waals surface area contributed by atoms with Gasteiger partial charge in [0.1, 0.15) is 0 Å². The van der Waals surface area contributed by atoms with Crippen LogP contribution in [0, 0.1) is 0 Å². The highest BCUT2D eigenvalue weighted by Gasteiger charge is 2.31. The van der Waals surface area contributed by atoms with Crippen LogP contribution in [-0.2, 0) is 10.0 Å². The van der Waals surface area contributed by atoms with Gasteiger partial charge in [-0.15, -0.1) is 0 Å². The summed E-state index contributed by atoms with van der Waals surface area (Å²) in [5.41, 5.74) is 0.926. The summed E-state index contributed by atoms with van der Waals surface area (Å²) in [6, 6.07) is 4.31. The molecule has 0 bridgehead atoms. The number of anilines is 2. The fourth-order valence-electron chi connectivity index (χ4n) is 2.55. The van der Waals surface area contributed by atoms with Gasteiger partial charge < -0.3 is 10.4 Å². The van der Waals surface area contributed by atoms with Crippen LogP contribution in [0.1, 0.15) is 29.2 Å². The van der Waals surface area contributed by atoms with Crippen LogP contribution in [0.4, 0.5) is 11.4 Å². The van der Waals surface area contributed by atoms with Gasteiger partial charge in [-0.1, -0.05) is 11.6 Å². The zero-order valence-corrected chi connectivity index (χ0v) is 14.9. The zero-order valence-electron chi connectivity index (χ0n) is 13.3. The van der Waals surface area contributed by atoms with Crippen molar-refractivity contribution in [2.75, 3.05) is 16.3 Å². The topological polar surface area (TPSA) is 113 Å². The van der Waals surface area contributed by atoms with Gasteiger partial charge in [0.25, 0.3) is 5.91 Å². The maximum Gasteiger partial charge on any atom is 0.258 e. The van der Waals surface area contributed by atoms with Crippen molar-refractivity contribution in [1.82, 2.24) is 9.78 Å². The van der Waals surface area contributed by atoms with Gasteiger partial charge in [-0.05, 0) is 31.0 Å². The van der Waals surface area contributed by atoms with Crippen LogP contribution in [0.3, 0.4) is 0 Å². The molecule has 1 aliphatic carbocycles. The molecular formula is C15H17ClN4O4S. The second-order valence-electron chi connectivity index (χ2n) is 5.98. The first kappa shape index (κ1) is 17.7. The van der Waals surface area contributed by atoms with Crippen molar-refractivity contribution in [2.24, 2.45) is 0 Å². The van der Waals surface area contributed by atoms with E-state index >= 15 is 0 Å². The molecule has 2 atom stereocenters. The number of hydrogen-bond donors (Lipinski definition) is 3. The number of nitrogens with one attached hydrogen (secondary N) is 2. The predicted molar refractivity (Wildman–Crippen MR) is 94.4 cm³/mol. The van der Waals surface area contributed by atoms with E-state index in [-0.39, 0.29) is 16.8 Å². The van der Waals surface area contributed by atoms with Gasteiger partial charge in [-0.3, -0.25) is 14.2 Å². The number of halogens is 1. The van der Waals surface area contributed by atoms with Crippen LogP contribution < -0.4 is 10.0 Å². The Kier molecular flexibility index (Phi) is 4.72. The maximum absolute atomic E-state index is 12.3. The number of carbonyl (C=O) groups excluding carboxylic acids is 1. The first-order valence-corrected chi connectivity index (χ1v) is 9.80. The van der Waals surface area contributed by atoms with Crippen LogP contribution in [0.15, 0.2) is 30.6 Å². The average Bonchev–Trinajstić information content (AvgIpc) is 2.92. The quantitative estimate of drug-likeness (QED) is 0.728. The van der Waals surface area contributed by atoms with Crippen molar-refractivity contribution in [3.8, 4) is 0 Å². The Morgan fingerprint density at radius 2 is 2.04 bits per heavy atom. The summed E-state index contributed by atoms with van der Waals surface area (Å²) in [4.78, 5) is 12.3. The van der Waals surface area contributed by atoms with E-state index in [1.54, 1.807) is 10.9 Å². The molecular weight excluding hydrogens is 368 g/mol. The fourth-order valence-corrected chi connectivity index (χ4v) is 3.33. The van der Waals surface area contributed by atoms with Gasteiger partial charge in [-0.2, -0.15) is 5.10 Å². The van der Waals surface area contributed by atoms with Gasteiger partial charge >= 0.3 is 0 Å². The third-order valence-corrected chi connectivity index (χ3v) is 4.69. The number of aromatic nitrogens is 2. The minimum Gasteiger partial charge on any atom is -0.391 e. The molecule has 1 fully saturated rings. The fraction of sp³-hybridized carbons (Fsp3) is 0.333. The Bertz CT molecular complexity index is 912. The number of aliphatic hydroxyl groups excluding tert-OH is 1. The van der Waals surface area contributed by atoms with E-state index < -0.39 is 22.0 Å². The standard InChI is InChI=1S/C15H17ClN4O4S/c1-25(23,24)19-12-5-10(16)4-11(6-12)18-15(22)9-7-17-20(8-9)13-2-3-14(13)21/h4-8,13-14,19,21H,2-3H2,1H3,(H,18,22)/t13-,14-/m1/s1. The molecule has 3 rings (SSSR count). The first-order chi connectivity index (χ1) is 11.7. The van der Waals surface area contributed by atoms with Gasteiger partial charge in [-0.25, -0.2) is 8.42 Å². The van der Waals surface area contributed by atoms with E-state index in [0.717, 1.165) is 19.1 Å². The Labute approximate surface area is 149 Å². The van der Waals surface area contributed by atoms with E-state index in [1.165, 1.54) is 24.4 Å². The Morgan fingerprint density at radius 1 is 1.32 bits per heavy atom. The van der Waals surface area contributed by atoms with Crippen LogP contribution in [-0.4, -0.2) is 41.6 Å². The Balaban J connectivity index is 1.74. The maximum atomic E-state index is 12.3. The third-order valence-electron chi connectivity index (χ3n) is 3.86. The molecule has 0 radical (unpaired) electrons. The van der Waals surface area contributed by atoms with Crippen molar-refractivity contribution < 1.29 is 18.3 Å². The summed E-state index contributed by atoms with van der Waals surface area (Å²) >= 11 is 5.97. The van der Waals surface area contributed by atoms with Gasteiger partial charge in [0.05, 0.1) is 35.8 Å². The van der Waals surface area contributed by atoms with Crippen molar-refractivity contribution in [3.05, 3.63) is 41.2 Å². The molecule has 0 saturated heterocycles. The van der Waals surface area contributed by atoms with Crippen LogP contribution in [0.2, 0.25) is 5.02 Å². The highest BCUT2D eigenvalue weighted by Crippen LogP contribution is 2.31. The number of hydrogen-bond acceptors (Lipinski definition) is 5. The number of nitrogens with zero attached hydrogens (tertiary/aromatic N) is 2. The summed E-state index contributed by atoms with van der Waals surface area (Å²) in [6.45, 7) is 0. The minimum absolute atomic E-state index is 0.0988. The molecule has 0 spiro atoms. The van der Waals surface area contributed by atoms with Crippen LogP contribution in [0.25, 0.3) is 0 Å². The van der Waals surface area contributed by atoms with Gasteiger partial charge in [0, 0.05) is 16.9 Å². The molecule has 1 amide bonds. The second-order valence-corrected chi connectivity index (χ2v) is 8.16. The highest BCUT2D eigenvalue weighted by molar-refractivity contribution is 7.92. The van der Waals surface area contributed by atoms with Crippen LogP contribution >= 0.6 is 11.6 Å². The summed E-state index contributed by atoms with van der Waals surface area (Å²) in [6.07, 6.45) is 5.12. The van der Waals surface area contributed by atoms with Gasteiger partial charge in [0.2, 0.25) is 10.0 Å². The van der Waals surface area contributed by atoms with E-state index in [9.17, 15) is 18.3 Å². The molecule has 3 N–H and O–H groups in total. The van der Waals surface area contributed by atoms with Crippen LogP contribution in [0.5, 0.6) is 0 Å². The number of sulfonamides is 1. The van der Waals surface area contributed by atoms with E-state index in [0.29, 0.717) is 11.3 Å². The van der Waals surface area contributed by atoms with Crippen molar-refractivity contribution in [3.63, 3.8) is 0 Å². The summed E-state index contributed by atoms with van der Waals surface area (Å²) in [5.74, 6) is -0.410. The molecule has 8 nitrogen and oxygen atoms in total. The van der Waals surface area contributed by atoms with Crippen molar-refractivity contribution >= 4 is 38.9 Å². The first-order valence-electron chi connectivity index (χ1n) is 7.53.